The van der Waals surface area contributed by atoms with Crippen molar-refractivity contribution in [1.82, 2.24) is 9.55 Å². The summed E-state index contributed by atoms with van der Waals surface area (Å²) in [4.78, 5) is 27.7. The topological polar surface area (TPSA) is 91.7 Å². The van der Waals surface area contributed by atoms with Gasteiger partial charge < -0.3 is 19.5 Å². The molecule has 0 aliphatic carbocycles. The van der Waals surface area contributed by atoms with E-state index in [-0.39, 0.29) is 33.1 Å². The van der Waals surface area contributed by atoms with Gasteiger partial charge in [0.25, 0.3) is 0 Å². The minimum absolute atomic E-state index is 0.00877. The van der Waals surface area contributed by atoms with Crippen molar-refractivity contribution in [3.63, 3.8) is 0 Å². The Morgan fingerprint density at radius 3 is 2.40 bits per heavy atom. The highest BCUT2D eigenvalue weighted by Gasteiger charge is 2.49. The van der Waals surface area contributed by atoms with E-state index in [4.69, 9.17) is 37.4 Å². The second-order valence-electron chi connectivity index (χ2n) is 7.34. The van der Waals surface area contributed by atoms with Crippen LogP contribution in [-0.4, -0.2) is 45.8 Å². The molecule has 1 N–H and O–H groups in total. The van der Waals surface area contributed by atoms with Gasteiger partial charge in [-0.25, -0.2) is 9.37 Å². The van der Waals surface area contributed by atoms with Gasteiger partial charge in [0.1, 0.15) is 5.52 Å². The number of nitrogens with zero attached hydrogens (tertiary/aromatic N) is 2. The maximum Gasteiger partial charge on any atom is 0.303 e. The van der Waals surface area contributed by atoms with E-state index in [2.05, 4.69) is 10.3 Å². The van der Waals surface area contributed by atoms with Gasteiger partial charge in [0.05, 0.1) is 21.7 Å². The number of hydrogen-bond donors (Lipinski definition) is 1. The van der Waals surface area contributed by atoms with Gasteiger partial charge in [-0.2, -0.15) is 0 Å². The van der Waals surface area contributed by atoms with Crippen LogP contribution in [0.2, 0.25) is 10.0 Å². The lowest BCUT2D eigenvalue weighted by Crippen LogP contribution is -2.38. The molecule has 8 nitrogen and oxygen atoms in total. The van der Waals surface area contributed by atoms with Crippen LogP contribution < -0.4 is 5.32 Å². The summed E-state index contributed by atoms with van der Waals surface area (Å²) in [7, 11) is 0. The predicted molar refractivity (Wildman–Crippen MR) is 109 cm³/mol. The molecule has 1 aliphatic heterocycles. The maximum atomic E-state index is 14.8. The van der Waals surface area contributed by atoms with Gasteiger partial charge in [-0.15, -0.1) is 0 Å². The molecule has 0 radical (unpaired) electrons. The molecule has 1 aromatic heterocycles. The van der Waals surface area contributed by atoms with Gasteiger partial charge in [0, 0.05) is 19.9 Å². The van der Waals surface area contributed by atoms with Gasteiger partial charge in [-0.3, -0.25) is 14.2 Å². The largest absolute Gasteiger partial charge is 0.456 e. The number of halogens is 3. The fraction of sp³-hybridized carbons (Fsp3) is 0.526. The quantitative estimate of drug-likeness (QED) is 0.529. The summed E-state index contributed by atoms with van der Waals surface area (Å²) >= 11 is 12.1. The Labute approximate surface area is 182 Å². The molecule has 11 heteroatoms. The summed E-state index contributed by atoms with van der Waals surface area (Å²) in [6, 6.07) is 1.39. The molecular weight excluding hydrogens is 440 g/mol. The standard InChI is InChI=1S/C19H22Cl2FN3O5/c1-7(2)23-19-24-15-12(6-11(20)13(21)14(15)22)25(19)18-17(30-10(5)27)16(8(3)28-18)29-9(4)26/h6-8,16-18H,1-5H3,(H,23,24)/t8-,16-,17-,18-/m1/s1. The lowest BCUT2D eigenvalue weighted by atomic mass is 10.1. The number of carbonyl (C=O) groups excluding carboxylic acids is 2. The number of anilines is 1. The molecule has 0 bridgehead atoms. The number of hydrogen-bond acceptors (Lipinski definition) is 7. The van der Waals surface area contributed by atoms with Crippen molar-refractivity contribution in [2.45, 2.75) is 65.2 Å². The highest BCUT2D eigenvalue weighted by Crippen LogP contribution is 2.40. The van der Waals surface area contributed by atoms with E-state index in [1.54, 1.807) is 6.92 Å². The zero-order chi connectivity index (χ0) is 22.3. The van der Waals surface area contributed by atoms with Crippen molar-refractivity contribution in [3.8, 4) is 0 Å². The molecule has 0 unspecified atom stereocenters. The Hall–Kier alpha value is -2.10. The fourth-order valence-electron chi connectivity index (χ4n) is 3.44. The van der Waals surface area contributed by atoms with Crippen LogP contribution in [0.25, 0.3) is 11.0 Å². The zero-order valence-corrected chi connectivity index (χ0v) is 18.5. The minimum Gasteiger partial charge on any atom is -0.456 e. The third-order valence-electron chi connectivity index (χ3n) is 4.52. The van der Waals surface area contributed by atoms with Crippen molar-refractivity contribution < 1.29 is 28.2 Å². The smallest absolute Gasteiger partial charge is 0.303 e. The number of fused-ring (bicyclic) bond motifs is 1. The molecule has 30 heavy (non-hydrogen) atoms. The predicted octanol–water partition coefficient (Wildman–Crippen LogP) is 4.08. The van der Waals surface area contributed by atoms with E-state index in [9.17, 15) is 14.0 Å². The summed E-state index contributed by atoms with van der Waals surface area (Å²) in [5.41, 5.74) is 0.254. The number of rotatable bonds is 5. The van der Waals surface area contributed by atoms with Crippen LogP contribution in [0.4, 0.5) is 10.3 Å². The number of aromatic nitrogens is 2. The van der Waals surface area contributed by atoms with Crippen LogP contribution in [0.5, 0.6) is 0 Å². The molecule has 2 heterocycles. The van der Waals surface area contributed by atoms with Crippen LogP contribution in [0.1, 0.15) is 40.8 Å². The number of nitrogens with one attached hydrogen (secondary N) is 1. The first kappa shape index (κ1) is 22.6. The average Bonchev–Trinajstić information content (AvgIpc) is 3.10. The number of carbonyl (C=O) groups is 2. The van der Waals surface area contributed by atoms with E-state index in [1.165, 1.54) is 24.5 Å². The van der Waals surface area contributed by atoms with Gasteiger partial charge in [0.2, 0.25) is 5.95 Å². The SMILES string of the molecule is CC(=O)O[C@@H]1[C@H](OC(C)=O)[C@@H](C)O[C@H]1n1c(NC(C)C)nc2c(F)c(Cl)c(Cl)cc21. The molecule has 3 rings (SSSR count). The summed E-state index contributed by atoms with van der Waals surface area (Å²) < 4.78 is 33.1. The van der Waals surface area contributed by atoms with Crippen molar-refractivity contribution in [1.29, 1.82) is 0 Å². The molecule has 1 aliphatic rings. The lowest BCUT2D eigenvalue weighted by Gasteiger charge is -2.25. The summed E-state index contributed by atoms with van der Waals surface area (Å²) in [6.45, 7) is 7.93. The van der Waals surface area contributed by atoms with Crippen molar-refractivity contribution >= 4 is 52.1 Å². The van der Waals surface area contributed by atoms with E-state index in [0.717, 1.165) is 0 Å². The molecule has 0 amide bonds. The molecule has 2 aromatic rings. The molecule has 4 atom stereocenters. The monoisotopic (exact) mass is 461 g/mol. The molecule has 1 fully saturated rings. The number of benzene rings is 1. The Balaban J connectivity index is 2.21. The van der Waals surface area contributed by atoms with Crippen molar-refractivity contribution in [2.75, 3.05) is 5.32 Å². The Bertz CT molecular complexity index is 996. The maximum absolute atomic E-state index is 14.8. The van der Waals surface area contributed by atoms with E-state index in [1.807, 2.05) is 13.8 Å². The minimum atomic E-state index is -0.996. The first-order chi connectivity index (χ1) is 14.0. The van der Waals surface area contributed by atoms with Crippen LogP contribution in [0, 0.1) is 5.82 Å². The van der Waals surface area contributed by atoms with Crippen LogP contribution in [0.3, 0.4) is 0 Å². The lowest BCUT2D eigenvalue weighted by molar-refractivity contribution is -0.165. The Morgan fingerprint density at radius 2 is 1.83 bits per heavy atom. The molecule has 164 valence electrons. The summed E-state index contributed by atoms with van der Waals surface area (Å²) in [5.74, 6) is -1.66. The highest BCUT2D eigenvalue weighted by atomic mass is 35.5. The number of ether oxygens (including phenoxy) is 3. The summed E-state index contributed by atoms with van der Waals surface area (Å²) in [6.07, 6.45) is -3.44. The number of esters is 2. The van der Waals surface area contributed by atoms with Crippen molar-refractivity contribution in [2.24, 2.45) is 0 Å². The fourth-order valence-corrected chi connectivity index (χ4v) is 3.77. The second kappa shape index (κ2) is 8.56. The third-order valence-corrected chi connectivity index (χ3v) is 5.28. The van der Waals surface area contributed by atoms with Gasteiger partial charge in [-0.05, 0) is 26.8 Å². The van der Waals surface area contributed by atoms with Crippen LogP contribution in [-0.2, 0) is 23.8 Å². The average molecular weight is 462 g/mol. The van der Waals surface area contributed by atoms with Gasteiger partial charge in [-0.1, -0.05) is 23.2 Å². The molecular formula is C19H22Cl2FN3O5. The van der Waals surface area contributed by atoms with Crippen LogP contribution >= 0.6 is 23.2 Å². The van der Waals surface area contributed by atoms with Crippen molar-refractivity contribution in [3.05, 3.63) is 21.9 Å². The highest BCUT2D eigenvalue weighted by molar-refractivity contribution is 6.42. The Kier molecular flexibility index (Phi) is 6.45. The van der Waals surface area contributed by atoms with Crippen LogP contribution in [0.15, 0.2) is 6.07 Å². The zero-order valence-electron chi connectivity index (χ0n) is 17.0. The van der Waals surface area contributed by atoms with E-state index < -0.39 is 42.3 Å². The molecule has 0 spiro atoms. The van der Waals surface area contributed by atoms with E-state index >= 15 is 0 Å². The molecule has 0 saturated carbocycles. The molecule has 1 saturated heterocycles. The first-order valence-corrected chi connectivity index (χ1v) is 10.1. The second-order valence-corrected chi connectivity index (χ2v) is 8.12. The van der Waals surface area contributed by atoms with E-state index in [0.29, 0.717) is 0 Å². The van der Waals surface area contributed by atoms with Gasteiger partial charge >= 0.3 is 11.9 Å². The number of imidazole rings is 1. The summed E-state index contributed by atoms with van der Waals surface area (Å²) in [5, 5.41) is 2.86. The molecule has 1 aromatic carbocycles. The third kappa shape index (κ3) is 4.19. The first-order valence-electron chi connectivity index (χ1n) is 9.33. The normalized spacial score (nSPS) is 23.8. The van der Waals surface area contributed by atoms with Gasteiger partial charge in [0.15, 0.2) is 24.3 Å². The Morgan fingerprint density at radius 1 is 1.23 bits per heavy atom.